The third kappa shape index (κ3) is 5.76. The number of aliphatic hydroxyl groups excluding tert-OH is 1. The van der Waals surface area contributed by atoms with Crippen LogP contribution in [0.25, 0.3) is 0 Å². The predicted octanol–water partition coefficient (Wildman–Crippen LogP) is 2.37. The number of aliphatic hydroxyl groups is 1. The van der Waals surface area contributed by atoms with Crippen molar-refractivity contribution in [3.8, 4) is 0 Å². The standard InChI is InChI=1S/C13H20INO3S/c1-13(2,8-3-9-16)10-15-19(17,18)12-6-4-11(14)5-7-12/h4-7,15-16H,3,8-10H2,1-2H3. The molecule has 2 N–H and O–H groups in total. The number of halogens is 1. The molecule has 1 rings (SSSR count). The molecule has 0 aliphatic rings. The summed E-state index contributed by atoms with van der Waals surface area (Å²) in [6.07, 6.45) is 1.46. The van der Waals surface area contributed by atoms with Crippen LogP contribution in [0.1, 0.15) is 26.7 Å². The van der Waals surface area contributed by atoms with Gasteiger partial charge in [-0.25, -0.2) is 13.1 Å². The van der Waals surface area contributed by atoms with Crippen molar-refractivity contribution in [2.24, 2.45) is 5.41 Å². The summed E-state index contributed by atoms with van der Waals surface area (Å²) in [5.74, 6) is 0. The van der Waals surface area contributed by atoms with E-state index >= 15 is 0 Å². The lowest BCUT2D eigenvalue weighted by molar-refractivity contribution is 0.242. The summed E-state index contributed by atoms with van der Waals surface area (Å²) in [4.78, 5) is 0.283. The first-order valence-electron chi connectivity index (χ1n) is 6.13. The molecular formula is C13H20INO3S. The monoisotopic (exact) mass is 397 g/mol. The first-order valence-corrected chi connectivity index (χ1v) is 8.69. The third-order valence-electron chi connectivity index (χ3n) is 2.88. The summed E-state index contributed by atoms with van der Waals surface area (Å²) in [5.41, 5.74) is -0.168. The normalized spacial score (nSPS) is 12.6. The number of hydrogen-bond donors (Lipinski definition) is 2. The molecule has 0 aromatic heterocycles. The van der Waals surface area contributed by atoms with E-state index in [1.54, 1.807) is 24.3 Å². The summed E-state index contributed by atoms with van der Waals surface area (Å²) >= 11 is 2.14. The zero-order valence-corrected chi connectivity index (χ0v) is 14.2. The molecule has 1 aromatic rings. The average molecular weight is 397 g/mol. The average Bonchev–Trinajstić information content (AvgIpc) is 2.35. The Morgan fingerprint density at radius 2 is 1.84 bits per heavy atom. The Labute approximate surface area is 128 Å². The van der Waals surface area contributed by atoms with Crippen LogP contribution in [-0.4, -0.2) is 26.7 Å². The maximum Gasteiger partial charge on any atom is 0.240 e. The highest BCUT2D eigenvalue weighted by molar-refractivity contribution is 14.1. The van der Waals surface area contributed by atoms with Gasteiger partial charge in [0, 0.05) is 16.7 Å². The van der Waals surface area contributed by atoms with Crippen molar-refractivity contribution in [1.82, 2.24) is 4.72 Å². The second-order valence-electron chi connectivity index (χ2n) is 5.27. The molecule has 0 atom stereocenters. The van der Waals surface area contributed by atoms with Gasteiger partial charge in [0.05, 0.1) is 4.90 Å². The summed E-state index contributed by atoms with van der Waals surface area (Å²) in [5, 5.41) is 8.82. The number of nitrogens with one attached hydrogen (secondary N) is 1. The second kappa shape index (κ2) is 7.01. The number of benzene rings is 1. The van der Waals surface area contributed by atoms with Crippen LogP contribution >= 0.6 is 22.6 Å². The van der Waals surface area contributed by atoms with Gasteiger partial charge in [-0.05, 0) is 65.1 Å². The van der Waals surface area contributed by atoms with Crippen molar-refractivity contribution in [2.75, 3.05) is 13.2 Å². The zero-order valence-electron chi connectivity index (χ0n) is 11.2. The molecule has 0 heterocycles. The Kier molecular flexibility index (Phi) is 6.22. The third-order valence-corrected chi connectivity index (χ3v) is 5.01. The van der Waals surface area contributed by atoms with Gasteiger partial charge in [0.25, 0.3) is 0 Å². The molecule has 0 fully saturated rings. The Hall–Kier alpha value is -0.180. The molecule has 19 heavy (non-hydrogen) atoms. The van der Waals surface area contributed by atoms with Crippen molar-refractivity contribution in [1.29, 1.82) is 0 Å². The van der Waals surface area contributed by atoms with E-state index < -0.39 is 10.0 Å². The Morgan fingerprint density at radius 3 is 2.37 bits per heavy atom. The van der Waals surface area contributed by atoms with Gasteiger partial charge in [-0.3, -0.25) is 0 Å². The molecule has 108 valence electrons. The highest BCUT2D eigenvalue weighted by atomic mass is 127. The van der Waals surface area contributed by atoms with Crippen LogP contribution in [0.5, 0.6) is 0 Å². The highest BCUT2D eigenvalue weighted by Crippen LogP contribution is 2.22. The second-order valence-corrected chi connectivity index (χ2v) is 8.28. The highest BCUT2D eigenvalue weighted by Gasteiger charge is 2.21. The van der Waals surface area contributed by atoms with Crippen LogP contribution in [-0.2, 0) is 10.0 Å². The molecule has 0 bridgehead atoms. The quantitative estimate of drug-likeness (QED) is 0.695. The maximum absolute atomic E-state index is 12.1. The van der Waals surface area contributed by atoms with Gasteiger partial charge in [-0.15, -0.1) is 0 Å². The molecule has 0 amide bonds. The van der Waals surface area contributed by atoms with Crippen molar-refractivity contribution in [3.63, 3.8) is 0 Å². The zero-order chi connectivity index (χ0) is 14.5. The van der Waals surface area contributed by atoms with Crippen molar-refractivity contribution in [3.05, 3.63) is 27.8 Å². The van der Waals surface area contributed by atoms with Crippen LogP contribution in [0.2, 0.25) is 0 Å². The SMILES string of the molecule is CC(C)(CCCO)CNS(=O)(=O)c1ccc(I)cc1. The summed E-state index contributed by atoms with van der Waals surface area (Å²) in [6, 6.07) is 6.74. The Morgan fingerprint density at radius 1 is 1.26 bits per heavy atom. The van der Waals surface area contributed by atoms with E-state index in [9.17, 15) is 8.42 Å². The number of rotatable bonds is 7. The van der Waals surface area contributed by atoms with Gasteiger partial charge >= 0.3 is 0 Å². The molecule has 0 aliphatic heterocycles. The molecule has 4 nitrogen and oxygen atoms in total. The smallest absolute Gasteiger partial charge is 0.240 e. The van der Waals surface area contributed by atoms with Crippen molar-refractivity contribution >= 4 is 32.6 Å². The van der Waals surface area contributed by atoms with Gasteiger partial charge in [-0.2, -0.15) is 0 Å². The molecule has 0 aliphatic carbocycles. The van der Waals surface area contributed by atoms with Crippen molar-refractivity contribution in [2.45, 2.75) is 31.6 Å². The van der Waals surface area contributed by atoms with Crippen LogP contribution in [0, 0.1) is 8.99 Å². The molecule has 0 unspecified atom stereocenters. The van der Waals surface area contributed by atoms with E-state index in [0.717, 1.165) is 9.99 Å². The number of sulfonamides is 1. The Bertz CT molecular complexity index is 497. The van der Waals surface area contributed by atoms with E-state index in [4.69, 9.17) is 5.11 Å². The van der Waals surface area contributed by atoms with Crippen molar-refractivity contribution < 1.29 is 13.5 Å². The van der Waals surface area contributed by atoms with Gasteiger partial charge in [0.1, 0.15) is 0 Å². The molecule has 0 radical (unpaired) electrons. The van der Waals surface area contributed by atoms with E-state index in [0.29, 0.717) is 13.0 Å². The fourth-order valence-corrected chi connectivity index (χ4v) is 3.23. The van der Waals surface area contributed by atoms with Crippen LogP contribution in [0.4, 0.5) is 0 Å². The topological polar surface area (TPSA) is 66.4 Å². The van der Waals surface area contributed by atoms with Gasteiger partial charge in [0.2, 0.25) is 10.0 Å². The van der Waals surface area contributed by atoms with E-state index in [2.05, 4.69) is 27.3 Å². The predicted molar refractivity (Wildman–Crippen MR) is 84.4 cm³/mol. The fourth-order valence-electron chi connectivity index (χ4n) is 1.63. The largest absolute Gasteiger partial charge is 0.396 e. The minimum atomic E-state index is -3.45. The van der Waals surface area contributed by atoms with Crippen LogP contribution in [0.15, 0.2) is 29.2 Å². The summed E-state index contributed by atoms with van der Waals surface area (Å²) < 4.78 is 27.8. The minimum absolute atomic E-state index is 0.132. The van der Waals surface area contributed by atoms with E-state index in [1.165, 1.54) is 0 Å². The van der Waals surface area contributed by atoms with E-state index in [-0.39, 0.29) is 16.9 Å². The molecule has 0 spiro atoms. The minimum Gasteiger partial charge on any atom is -0.396 e. The van der Waals surface area contributed by atoms with E-state index in [1.807, 2.05) is 13.8 Å². The van der Waals surface area contributed by atoms with Gasteiger partial charge in [0.15, 0.2) is 0 Å². The van der Waals surface area contributed by atoms with Gasteiger partial charge < -0.3 is 5.11 Å². The fraction of sp³-hybridized carbons (Fsp3) is 0.538. The maximum atomic E-state index is 12.1. The molecular weight excluding hydrogens is 377 g/mol. The molecule has 6 heteroatoms. The van der Waals surface area contributed by atoms with Gasteiger partial charge in [-0.1, -0.05) is 13.8 Å². The molecule has 0 saturated heterocycles. The number of hydrogen-bond acceptors (Lipinski definition) is 3. The lowest BCUT2D eigenvalue weighted by Crippen LogP contribution is -2.34. The summed E-state index contributed by atoms with van der Waals surface area (Å²) in [6.45, 7) is 4.47. The first kappa shape index (κ1) is 16.9. The summed E-state index contributed by atoms with van der Waals surface area (Å²) in [7, 11) is -3.45. The molecule has 1 aromatic carbocycles. The first-order chi connectivity index (χ1) is 8.77. The lowest BCUT2D eigenvalue weighted by atomic mass is 9.88. The Balaban J connectivity index is 2.68. The van der Waals surface area contributed by atoms with Crippen LogP contribution in [0.3, 0.4) is 0 Å². The lowest BCUT2D eigenvalue weighted by Gasteiger charge is -2.24. The van der Waals surface area contributed by atoms with Crippen LogP contribution < -0.4 is 4.72 Å². The molecule has 0 saturated carbocycles.